The first-order chi connectivity index (χ1) is 4.64. The predicted molar refractivity (Wildman–Crippen MR) is 40.5 cm³/mol. The third-order valence-corrected chi connectivity index (χ3v) is 1.62. The smallest absolute Gasteiger partial charge is 0.134 e. The van der Waals surface area contributed by atoms with E-state index in [-0.39, 0.29) is 0 Å². The Morgan fingerprint density at radius 1 is 1.80 bits per heavy atom. The van der Waals surface area contributed by atoms with Gasteiger partial charge < -0.3 is 10.4 Å². The molecule has 2 N–H and O–H groups in total. The van der Waals surface area contributed by atoms with Crippen molar-refractivity contribution in [1.29, 1.82) is 0 Å². The topological polar surface area (TPSA) is 32.3 Å². The van der Waals surface area contributed by atoms with Gasteiger partial charge in [0.2, 0.25) is 0 Å². The Morgan fingerprint density at radius 3 is 2.80 bits per heavy atom. The summed E-state index contributed by atoms with van der Waals surface area (Å²) in [6, 6.07) is 0.611. The lowest BCUT2D eigenvalue weighted by atomic mass is 10.1. The highest BCUT2D eigenvalue weighted by atomic mass is 16.3. The highest BCUT2D eigenvalue weighted by Gasteiger charge is 2.24. The van der Waals surface area contributed by atoms with E-state index in [9.17, 15) is 5.11 Å². The van der Waals surface area contributed by atoms with Crippen molar-refractivity contribution in [2.24, 2.45) is 0 Å². The molecule has 0 aliphatic heterocycles. The highest BCUT2D eigenvalue weighted by Crippen LogP contribution is 2.19. The van der Waals surface area contributed by atoms with Crippen molar-refractivity contribution in [2.45, 2.75) is 31.4 Å². The molecule has 1 saturated carbocycles. The minimum absolute atomic E-state index is 0.508. The molecule has 1 aliphatic carbocycles. The summed E-state index contributed by atoms with van der Waals surface area (Å²) in [5.41, 5.74) is -0.970. The third kappa shape index (κ3) is 2.38. The molecule has 0 radical (unpaired) electrons. The lowest BCUT2D eigenvalue weighted by Gasteiger charge is -2.16. The van der Waals surface area contributed by atoms with Crippen LogP contribution in [0.1, 0.15) is 19.8 Å². The van der Waals surface area contributed by atoms with Gasteiger partial charge in [-0.2, -0.15) is 0 Å². The molecule has 2 nitrogen and oxygen atoms in total. The van der Waals surface area contributed by atoms with E-state index in [0.29, 0.717) is 12.6 Å². The molecule has 0 saturated heterocycles. The maximum Gasteiger partial charge on any atom is 0.134 e. The number of aliphatic hydroxyl groups is 1. The monoisotopic (exact) mass is 139 g/mol. The normalized spacial score (nSPS) is 23.3. The van der Waals surface area contributed by atoms with Gasteiger partial charge in [-0.15, -0.1) is 6.42 Å². The molecule has 0 aromatic heterocycles. The van der Waals surface area contributed by atoms with E-state index in [2.05, 4.69) is 11.2 Å². The first-order valence-electron chi connectivity index (χ1n) is 3.57. The molecular formula is C8H13NO. The quantitative estimate of drug-likeness (QED) is 0.544. The van der Waals surface area contributed by atoms with Crippen molar-refractivity contribution in [3.63, 3.8) is 0 Å². The predicted octanol–water partition coefficient (Wildman–Crippen LogP) is 0.123. The first kappa shape index (κ1) is 7.59. The summed E-state index contributed by atoms with van der Waals surface area (Å²) in [4.78, 5) is 0. The average Bonchev–Trinajstić information content (AvgIpc) is 2.66. The Bertz CT molecular complexity index is 153. The number of rotatable bonds is 3. The van der Waals surface area contributed by atoms with Gasteiger partial charge in [0.05, 0.1) is 0 Å². The maximum atomic E-state index is 9.30. The molecule has 0 spiro atoms. The third-order valence-electron chi connectivity index (χ3n) is 1.62. The van der Waals surface area contributed by atoms with Crippen LogP contribution >= 0.6 is 0 Å². The Kier molecular flexibility index (Phi) is 1.98. The van der Waals surface area contributed by atoms with E-state index in [4.69, 9.17) is 6.42 Å². The molecule has 2 heteroatoms. The van der Waals surface area contributed by atoms with Gasteiger partial charge in [0, 0.05) is 12.6 Å². The van der Waals surface area contributed by atoms with Crippen LogP contribution in [-0.4, -0.2) is 23.3 Å². The minimum atomic E-state index is -0.970. The number of terminal acetylenes is 1. The van der Waals surface area contributed by atoms with Crippen molar-refractivity contribution >= 4 is 0 Å². The van der Waals surface area contributed by atoms with Gasteiger partial charge in [-0.3, -0.25) is 0 Å². The summed E-state index contributed by atoms with van der Waals surface area (Å²) in [5, 5.41) is 12.5. The van der Waals surface area contributed by atoms with Gasteiger partial charge >= 0.3 is 0 Å². The Morgan fingerprint density at radius 2 is 2.40 bits per heavy atom. The summed E-state index contributed by atoms with van der Waals surface area (Å²) in [5.74, 6) is 2.32. The van der Waals surface area contributed by atoms with Crippen molar-refractivity contribution in [1.82, 2.24) is 5.32 Å². The van der Waals surface area contributed by atoms with Gasteiger partial charge in [-0.25, -0.2) is 0 Å². The molecule has 1 aliphatic rings. The molecule has 1 atom stereocenters. The van der Waals surface area contributed by atoms with Gasteiger partial charge in [0.15, 0.2) is 0 Å². The van der Waals surface area contributed by atoms with Gasteiger partial charge in [0.1, 0.15) is 5.60 Å². The second-order valence-electron chi connectivity index (χ2n) is 3.07. The molecule has 56 valence electrons. The van der Waals surface area contributed by atoms with E-state index in [1.807, 2.05) is 0 Å². The molecule has 1 fully saturated rings. The van der Waals surface area contributed by atoms with Crippen LogP contribution in [0.4, 0.5) is 0 Å². The van der Waals surface area contributed by atoms with Crippen LogP contribution < -0.4 is 5.32 Å². The zero-order valence-corrected chi connectivity index (χ0v) is 6.22. The van der Waals surface area contributed by atoms with Crippen LogP contribution in [0, 0.1) is 12.3 Å². The second kappa shape index (κ2) is 2.61. The summed E-state index contributed by atoms with van der Waals surface area (Å²) in [7, 11) is 0. The van der Waals surface area contributed by atoms with Crippen LogP contribution in [-0.2, 0) is 0 Å². The molecular weight excluding hydrogens is 126 g/mol. The van der Waals surface area contributed by atoms with Crippen molar-refractivity contribution in [3.05, 3.63) is 0 Å². The zero-order valence-electron chi connectivity index (χ0n) is 6.22. The summed E-state index contributed by atoms with van der Waals surface area (Å²) >= 11 is 0. The average molecular weight is 139 g/mol. The molecule has 0 aromatic carbocycles. The number of nitrogens with one attached hydrogen (secondary N) is 1. The van der Waals surface area contributed by atoms with Gasteiger partial charge in [-0.05, 0) is 19.8 Å². The summed E-state index contributed by atoms with van der Waals surface area (Å²) in [6.07, 6.45) is 7.52. The standard InChI is InChI=1S/C8H13NO/c1-3-8(2,10)6-9-7-4-5-7/h1,7,9-10H,4-6H2,2H3. The van der Waals surface area contributed by atoms with Gasteiger partial charge in [0.25, 0.3) is 0 Å². The van der Waals surface area contributed by atoms with Crippen molar-refractivity contribution in [3.8, 4) is 12.3 Å². The number of hydrogen-bond donors (Lipinski definition) is 2. The van der Waals surface area contributed by atoms with Crippen LogP contribution in [0.5, 0.6) is 0 Å². The Balaban J connectivity index is 2.17. The van der Waals surface area contributed by atoms with E-state index in [1.54, 1.807) is 6.92 Å². The van der Waals surface area contributed by atoms with Crippen LogP contribution in [0.15, 0.2) is 0 Å². The highest BCUT2D eigenvalue weighted by molar-refractivity contribution is 5.06. The van der Waals surface area contributed by atoms with Crippen LogP contribution in [0.25, 0.3) is 0 Å². The van der Waals surface area contributed by atoms with Gasteiger partial charge in [-0.1, -0.05) is 5.92 Å². The van der Waals surface area contributed by atoms with Crippen molar-refractivity contribution in [2.75, 3.05) is 6.54 Å². The summed E-state index contributed by atoms with van der Waals surface area (Å²) in [6.45, 7) is 2.15. The molecule has 0 amide bonds. The van der Waals surface area contributed by atoms with Crippen molar-refractivity contribution < 1.29 is 5.11 Å². The largest absolute Gasteiger partial charge is 0.377 e. The fourth-order valence-electron chi connectivity index (χ4n) is 0.682. The minimum Gasteiger partial charge on any atom is -0.377 e. The van der Waals surface area contributed by atoms with Crippen LogP contribution in [0.2, 0.25) is 0 Å². The molecule has 0 aromatic rings. The molecule has 1 unspecified atom stereocenters. The molecule has 10 heavy (non-hydrogen) atoms. The van der Waals surface area contributed by atoms with Crippen LogP contribution in [0.3, 0.4) is 0 Å². The van der Waals surface area contributed by atoms with E-state index >= 15 is 0 Å². The lowest BCUT2D eigenvalue weighted by Crippen LogP contribution is -2.37. The second-order valence-corrected chi connectivity index (χ2v) is 3.07. The Hall–Kier alpha value is -0.520. The molecule has 1 rings (SSSR count). The zero-order chi connectivity index (χ0) is 7.61. The Labute approximate surface area is 61.6 Å². The SMILES string of the molecule is C#CC(C)(O)CNC1CC1. The maximum absolute atomic E-state index is 9.30. The number of hydrogen-bond acceptors (Lipinski definition) is 2. The lowest BCUT2D eigenvalue weighted by molar-refractivity contribution is 0.120. The van der Waals surface area contributed by atoms with E-state index in [1.165, 1.54) is 12.8 Å². The molecule has 0 bridgehead atoms. The summed E-state index contributed by atoms with van der Waals surface area (Å²) < 4.78 is 0. The first-order valence-corrected chi connectivity index (χ1v) is 3.57. The fraction of sp³-hybridized carbons (Fsp3) is 0.750. The van der Waals surface area contributed by atoms with E-state index < -0.39 is 5.60 Å². The molecule has 0 heterocycles. The fourth-order valence-corrected chi connectivity index (χ4v) is 0.682. The van der Waals surface area contributed by atoms with E-state index in [0.717, 1.165) is 0 Å².